The molecule has 2 aromatic carbocycles. The molecule has 0 aromatic heterocycles. The number of methoxy groups -OCH3 is 1. The van der Waals surface area contributed by atoms with Gasteiger partial charge in [-0.3, -0.25) is 4.79 Å². The van der Waals surface area contributed by atoms with E-state index < -0.39 is 0 Å². The van der Waals surface area contributed by atoms with E-state index in [2.05, 4.69) is 0 Å². The SMILES string of the molecule is COc1ccc2c(c1)C(=O)c1ccccc1-2. The molecule has 0 bridgehead atoms. The normalized spacial score (nSPS) is 12.2. The first kappa shape index (κ1) is 9.16. The second-order valence-electron chi connectivity index (χ2n) is 3.79. The zero-order chi connectivity index (χ0) is 11.1. The van der Waals surface area contributed by atoms with Crippen molar-refractivity contribution >= 4 is 5.78 Å². The van der Waals surface area contributed by atoms with Gasteiger partial charge < -0.3 is 4.74 Å². The maximum Gasteiger partial charge on any atom is 0.194 e. The Morgan fingerprint density at radius 3 is 2.31 bits per heavy atom. The third-order valence-electron chi connectivity index (χ3n) is 2.93. The molecule has 16 heavy (non-hydrogen) atoms. The molecule has 78 valence electrons. The molecule has 1 aliphatic carbocycles. The van der Waals surface area contributed by atoms with Crippen molar-refractivity contribution in [2.45, 2.75) is 0 Å². The summed E-state index contributed by atoms with van der Waals surface area (Å²) >= 11 is 0. The zero-order valence-electron chi connectivity index (χ0n) is 8.86. The standard InChI is InChI=1S/C14H10O2/c1-16-9-6-7-11-10-4-2-3-5-12(10)14(15)13(11)8-9/h2-8H,1H3. The van der Waals surface area contributed by atoms with Crippen molar-refractivity contribution in [3.63, 3.8) is 0 Å². The van der Waals surface area contributed by atoms with Crippen LogP contribution in [0.5, 0.6) is 5.75 Å². The van der Waals surface area contributed by atoms with Gasteiger partial charge in [0.1, 0.15) is 5.75 Å². The molecule has 0 saturated heterocycles. The van der Waals surface area contributed by atoms with E-state index in [4.69, 9.17) is 4.74 Å². The Hall–Kier alpha value is -2.09. The van der Waals surface area contributed by atoms with Crippen LogP contribution in [0.1, 0.15) is 15.9 Å². The molecular weight excluding hydrogens is 200 g/mol. The van der Waals surface area contributed by atoms with Crippen LogP contribution >= 0.6 is 0 Å². The Kier molecular flexibility index (Phi) is 1.83. The van der Waals surface area contributed by atoms with E-state index in [1.807, 2.05) is 36.4 Å². The first-order chi connectivity index (χ1) is 7.81. The molecule has 0 N–H and O–H groups in total. The largest absolute Gasteiger partial charge is 0.497 e. The van der Waals surface area contributed by atoms with Crippen LogP contribution in [-0.2, 0) is 0 Å². The highest BCUT2D eigenvalue weighted by Gasteiger charge is 2.26. The topological polar surface area (TPSA) is 26.3 Å². The number of rotatable bonds is 1. The van der Waals surface area contributed by atoms with Crippen LogP contribution in [0.2, 0.25) is 0 Å². The first-order valence-corrected chi connectivity index (χ1v) is 5.13. The van der Waals surface area contributed by atoms with E-state index in [0.29, 0.717) is 0 Å². The molecule has 0 spiro atoms. The maximum atomic E-state index is 12.1. The minimum Gasteiger partial charge on any atom is -0.497 e. The summed E-state index contributed by atoms with van der Waals surface area (Å²) in [5.74, 6) is 0.810. The zero-order valence-corrected chi connectivity index (χ0v) is 8.86. The van der Waals surface area contributed by atoms with Crippen LogP contribution in [-0.4, -0.2) is 12.9 Å². The van der Waals surface area contributed by atoms with Crippen molar-refractivity contribution in [1.29, 1.82) is 0 Å². The van der Waals surface area contributed by atoms with Gasteiger partial charge in [0.15, 0.2) is 5.78 Å². The van der Waals surface area contributed by atoms with Crippen LogP contribution in [0.3, 0.4) is 0 Å². The fourth-order valence-corrected chi connectivity index (χ4v) is 2.13. The van der Waals surface area contributed by atoms with Gasteiger partial charge in [-0.2, -0.15) is 0 Å². The second kappa shape index (κ2) is 3.20. The lowest BCUT2D eigenvalue weighted by Gasteiger charge is -2.02. The number of ether oxygens (including phenoxy) is 1. The quantitative estimate of drug-likeness (QED) is 0.617. The van der Waals surface area contributed by atoms with Crippen molar-refractivity contribution < 1.29 is 9.53 Å². The van der Waals surface area contributed by atoms with Crippen molar-refractivity contribution in [2.24, 2.45) is 0 Å². The second-order valence-corrected chi connectivity index (χ2v) is 3.79. The highest BCUT2D eigenvalue weighted by molar-refractivity contribution is 6.21. The number of carbonyl (C=O) groups is 1. The van der Waals surface area contributed by atoms with E-state index in [9.17, 15) is 4.79 Å². The van der Waals surface area contributed by atoms with E-state index in [1.54, 1.807) is 13.2 Å². The number of carbonyl (C=O) groups excluding carboxylic acids is 1. The number of fused-ring (bicyclic) bond motifs is 3. The third-order valence-corrected chi connectivity index (χ3v) is 2.93. The van der Waals surface area contributed by atoms with E-state index in [0.717, 1.165) is 28.0 Å². The lowest BCUT2D eigenvalue weighted by Crippen LogP contribution is -1.95. The van der Waals surface area contributed by atoms with Crippen molar-refractivity contribution in [3.8, 4) is 16.9 Å². The average molecular weight is 210 g/mol. The fraction of sp³-hybridized carbons (Fsp3) is 0.0714. The summed E-state index contributed by atoms with van der Waals surface area (Å²) in [4.78, 5) is 12.1. The molecule has 2 nitrogen and oxygen atoms in total. The number of benzene rings is 2. The summed E-state index contributed by atoms with van der Waals surface area (Å²) in [6, 6.07) is 13.3. The Morgan fingerprint density at radius 2 is 1.56 bits per heavy atom. The minimum atomic E-state index is 0.0875. The summed E-state index contributed by atoms with van der Waals surface area (Å²) < 4.78 is 5.13. The molecule has 3 rings (SSSR count). The van der Waals surface area contributed by atoms with Crippen molar-refractivity contribution in [3.05, 3.63) is 53.6 Å². The molecule has 0 unspecified atom stereocenters. The van der Waals surface area contributed by atoms with Gasteiger partial charge in [-0.1, -0.05) is 24.3 Å². The Balaban J connectivity index is 2.29. The van der Waals surface area contributed by atoms with Crippen LogP contribution in [0.4, 0.5) is 0 Å². The highest BCUT2D eigenvalue weighted by atomic mass is 16.5. The van der Waals surface area contributed by atoms with Gasteiger partial charge in [-0.25, -0.2) is 0 Å². The van der Waals surface area contributed by atoms with Crippen LogP contribution < -0.4 is 4.74 Å². The smallest absolute Gasteiger partial charge is 0.194 e. The summed E-state index contributed by atoms with van der Waals surface area (Å²) in [7, 11) is 1.61. The Morgan fingerprint density at radius 1 is 0.875 bits per heavy atom. The van der Waals surface area contributed by atoms with Gasteiger partial charge in [0, 0.05) is 11.1 Å². The van der Waals surface area contributed by atoms with E-state index in [-0.39, 0.29) is 5.78 Å². The average Bonchev–Trinajstić information content (AvgIpc) is 2.64. The van der Waals surface area contributed by atoms with Gasteiger partial charge in [0.05, 0.1) is 7.11 Å². The molecule has 0 aliphatic heterocycles. The monoisotopic (exact) mass is 210 g/mol. The molecule has 0 atom stereocenters. The van der Waals surface area contributed by atoms with Crippen molar-refractivity contribution in [2.75, 3.05) is 7.11 Å². The minimum absolute atomic E-state index is 0.0875. The third kappa shape index (κ3) is 1.10. The Labute approximate surface area is 93.5 Å². The van der Waals surface area contributed by atoms with E-state index >= 15 is 0 Å². The number of ketones is 1. The Bertz CT molecular complexity index is 585. The van der Waals surface area contributed by atoms with Gasteiger partial charge in [0.25, 0.3) is 0 Å². The van der Waals surface area contributed by atoms with Gasteiger partial charge >= 0.3 is 0 Å². The molecule has 2 heteroatoms. The molecule has 0 heterocycles. The lowest BCUT2D eigenvalue weighted by molar-refractivity contribution is 0.104. The van der Waals surface area contributed by atoms with Crippen LogP contribution in [0.15, 0.2) is 42.5 Å². The highest BCUT2D eigenvalue weighted by Crippen LogP contribution is 2.37. The van der Waals surface area contributed by atoms with Gasteiger partial charge in [-0.05, 0) is 29.3 Å². The summed E-state index contributed by atoms with van der Waals surface area (Å²) in [5.41, 5.74) is 3.54. The fourth-order valence-electron chi connectivity index (χ4n) is 2.13. The molecule has 1 aliphatic rings. The van der Waals surface area contributed by atoms with Crippen LogP contribution in [0.25, 0.3) is 11.1 Å². The predicted octanol–water partition coefficient (Wildman–Crippen LogP) is 2.91. The molecule has 0 saturated carbocycles. The summed E-state index contributed by atoms with van der Waals surface area (Å²) in [6.07, 6.45) is 0. The summed E-state index contributed by atoms with van der Waals surface area (Å²) in [5, 5.41) is 0. The number of hydrogen-bond donors (Lipinski definition) is 0. The molecular formula is C14H10O2. The van der Waals surface area contributed by atoms with E-state index in [1.165, 1.54) is 0 Å². The van der Waals surface area contributed by atoms with Crippen LogP contribution in [0, 0.1) is 0 Å². The van der Waals surface area contributed by atoms with Gasteiger partial charge in [0.2, 0.25) is 0 Å². The molecule has 2 aromatic rings. The molecule has 0 radical (unpaired) electrons. The molecule has 0 fully saturated rings. The first-order valence-electron chi connectivity index (χ1n) is 5.13. The maximum absolute atomic E-state index is 12.1. The lowest BCUT2D eigenvalue weighted by atomic mass is 10.1. The summed E-state index contributed by atoms with van der Waals surface area (Å²) in [6.45, 7) is 0. The predicted molar refractivity (Wildman–Crippen MR) is 61.9 cm³/mol. The number of hydrogen-bond acceptors (Lipinski definition) is 2. The van der Waals surface area contributed by atoms with Gasteiger partial charge in [-0.15, -0.1) is 0 Å². The van der Waals surface area contributed by atoms with Crippen molar-refractivity contribution in [1.82, 2.24) is 0 Å². The molecule has 0 amide bonds.